The van der Waals surface area contributed by atoms with Crippen molar-refractivity contribution in [2.45, 2.75) is 5.33 Å². The van der Waals surface area contributed by atoms with Gasteiger partial charge in [0.1, 0.15) is 0 Å². The van der Waals surface area contributed by atoms with Gasteiger partial charge < -0.3 is 0 Å². The summed E-state index contributed by atoms with van der Waals surface area (Å²) in [6.07, 6.45) is 0. The quantitative estimate of drug-likeness (QED) is 0.228. The van der Waals surface area contributed by atoms with Crippen LogP contribution in [0.5, 0.6) is 0 Å². The first-order valence-electron chi connectivity index (χ1n) is 8.71. The molecule has 4 aromatic carbocycles. The highest BCUT2D eigenvalue weighted by molar-refractivity contribution is 9.08. The first-order chi connectivity index (χ1) is 12.9. The lowest BCUT2D eigenvalue weighted by atomic mass is 9.94. The van der Waals surface area contributed by atoms with E-state index in [-0.39, 0.29) is 0 Å². The second kappa shape index (κ2) is 6.22. The minimum Gasteiger partial charge on any atom is -0.247 e. The molecule has 1 aromatic heterocycles. The molecule has 5 rings (SSSR count). The number of fused-ring (bicyclic) bond motifs is 4. The van der Waals surface area contributed by atoms with E-state index in [1.54, 1.807) is 0 Å². The van der Waals surface area contributed by atoms with E-state index in [9.17, 15) is 0 Å². The molecular weight excluding hydrogens is 382 g/mol. The number of para-hydroxylation sites is 1. The summed E-state index contributed by atoms with van der Waals surface area (Å²) in [5.41, 5.74) is 4.58. The van der Waals surface area contributed by atoms with Gasteiger partial charge in [-0.05, 0) is 27.8 Å². The summed E-state index contributed by atoms with van der Waals surface area (Å²) >= 11 is 3.62. The number of alkyl halides is 1. The number of nitrogens with zero attached hydrogens (tertiary/aromatic N) is 1. The van der Waals surface area contributed by atoms with Crippen molar-refractivity contribution in [1.82, 2.24) is 4.98 Å². The van der Waals surface area contributed by atoms with E-state index in [0.29, 0.717) is 0 Å². The molecule has 0 N–H and O–H groups in total. The van der Waals surface area contributed by atoms with E-state index in [1.807, 2.05) is 0 Å². The molecule has 1 nitrogen and oxygen atoms in total. The van der Waals surface area contributed by atoms with Crippen LogP contribution in [0.25, 0.3) is 43.7 Å². The maximum Gasteiger partial charge on any atom is 0.0794 e. The largest absolute Gasteiger partial charge is 0.247 e. The van der Waals surface area contributed by atoms with E-state index in [2.05, 4.69) is 101 Å². The van der Waals surface area contributed by atoms with Gasteiger partial charge in [0.15, 0.2) is 0 Å². The third-order valence-corrected chi connectivity index (χ3v) is 5.63. The molecule has 2 heteroatoms. The minimum absolute atomic E-state index is 0.847. The average Bonchev–Trinajstić information content (AvgIpc) is 2.72. The Balaban J connectivity index is 1.95. The number of halogens is 1. The van der Waals surface area contributed by atoms with Crippen LogP contribution in [0.3, 0.4) is 0 Å². The van der Waals surface area contributed by atoms with Crippen molar-refractivity contribution in [3.63, 3.8) is 0 Å². The summed E-state index contributed by atoms with van der Waals surface area (Å²) < 4.78 is 0. The van der Waals surface area contributed by atoms with Crippen molar-refractivity contribution in [3.8, 4) is 11.3 Å². The second-order valence-electron chi connectivity index (χ2n) is 6.47. The van der Waals surface area contributed by atoms with Gasteiger partial charge in [-0.25, -0.2) is 4.98 Å². The van der Waals surface area contributed by atoms with Crippen LogP contribution in [0.2, 0.25) is 0 Å². The Bertz CT molecular complexity index is 1270. The molecule has 0 saturated heterocycles. The van der Waals surface area contributed by atoms with Gasteiger partial charge in [0, 0.05) is 21.7 Å². The lowest BCUT2D eigenvalue weighted by Gasteiger charge is -2.13. The fourth-order valence-corrected chi connectivity index (χ4v) is 4.28. The molecule has 0 saturated carbocycles. The van der Waals surface area contributed by atoms with Gasteiger partial charge in [0.2, 0.25) is 0 Å². The molecule has 0 aliphatic rings. The predicted molar refractivity (Wildman–Crippen MR) is 115 cm³/mol. The summed E-state index contributed by atoms with van der Waals surface area (Å²) in [7, 11) is 0. The van der Waals surface area contributed by atoms with Crippen LogP contribution in [0.4, 0.5) is 0 Å². The van der Waals surface area contributed by atoms with Crippen LogP contribution in [-0.4, -0.2) is 4.98 Å². The van der Waals surface area contributed by atoms with Crippen molar-refractivity contribution in [2.75, 3.05) is 0 Å². The van der Waals surface area contributed by atoms with Crippen molar-refractivity contribution < 1.29 is 0 Å². The summed E-state index contributed by atoms with van der Waals surface area (Å²) in [6, 6.07) is 30.0. The topological polar surface area (TPSA) is 12.9 Å². The Morgan fingerprint density at radius 1 is 0.577 bits per heavy atom. The van der Waals surface area contributed by atoms with Crippen LogP contribution < -0.4 is 0 Å². The fourth-order valence-electron chi connectivity index (χ4n) is 3.79. The van der Waals surface area contributed by atoms with E-state index in [4.69, 9.17) is 4.98 Å². The third-order valence-electron chi connectivity index (χ3n) is 5.02. The summed E-state index contributed by atoms with van der Waals surface area (Å²) in [5, 5.41) is 7.02. The van der Waals surface area contributed by atoms with E-state index >= 15 is 0 Å². The SMILES string of the molecule is BrCc1ccc(-c2nc3ccccc3c3ccccc23)c2ccccc12. The number of hydrogen-bond acceptors (Lipinski definition) is 1. The molecule has 0 unspecified atom stereocenters. The highest BCUT2D eigenvalue weighted by Crippen LogP contribution is 2.36. The van der Waals surface area contributed by atoms with Gasteiger partial charge in [-0.3, -0.25) is 0 Å². The summed E-state index contributed by atoms with van der Waals surface area (Å²) in [6.45, 7) is 0. The molecule has 0 aliphatic carbocycles. The molecule has 0 fully saturated rings. The maximum atomic E-state index is 5.07. The Hall–Kier alpha value is -2.71. The van der Waals surface area contributed by atoms with Gasteiger partial charge in [0.25, 0.3) is 0 Å². The van der Waals surface area contributed by atoms with Gasteiger partial charge >= 0.3 is 0 Å². The first-order valence-corrected chi connectivity index (χ1v) is 9.83. The highest BCUT2D eigenvalue weighted by Gasteiger charge is 2.13. The first kappa shape index (κ1) is 15.5. The lowest BCUT2D eigenvalue weighted by Crippen LogP contribution is -1.92. The molecule has 0 bridgehead atoms. The van der Waals surface area contributed by atoms with E-state index in [0.717, 1.165) is 16.5 Å². The van der Waals surface area contributed by atoms with Crippen molar-refractivity contribution in [1.29, 1.82) is 0 Å². The van der Waals surface area contributed by atoms with Crippen molar-refractivity contribution in [3.05, 3.63) is 90.5 Å². The molecule has 1 heterocycles. The number of rotatable bonds is 2. The zero-order chi connectivity index (χ0) is 17.5. The highest BCUT2D eigenvalue weighted by atomic mass is 79.9. The Morgan fingerprint density at radius 3 is 1.96 bits per heavy atom. The summed E-state index contributed by atoms with van der Waals surface area (Å²) in [5.74, 6) is 0. The normalized spacial score (nSPS) is 11.4. The molecule has 5 aromatic rings. The van der Waals surface area contributed by atoms with Crippen LogP contribution in [0.1, 0.15) is 5.56 Å². The number of benzene rings is 4. The molecule has 0 atom stereocenters. The number of pyridine rings is 1. The molecule has 0 radical (unpaired) electrons. The van der Waals surface area contributed by atoms with Crippen molar-refractivity contribution >= 4 is 48.4 Å². The molecule has 0 amide bonds. The van der Waals surface area contributed by atoms with Crippen LogP contribution in [0, 0.1) is 0 Å². The molecule has 0 spiro atoms. The van der Waals surface area contributed by atoms with Gasteiger partial charge in [-0.2, -0.15) is 0 Å². The van der Waals surface area contributed by atoms with E-state index in [1.165, 1.54) is 38.1 Å². The zero-order valence-electron chi connectivity index (χ0n) is 14.1. The van der Waals surface area contributed by atoms with Crippen LogP contribution in [0.15, 0.2) is 84.9 Å². The Kier molecular flexibility index (Phi) is 3.72. The molecule has 0 aliphatic heterocycles. The lowest BCUT2D eigenvalue weighted by molar-refractivity contribution is 1.42. The maximum absolute atomic E-state index is 5.07. The standard InChI is InChI=1S/C24H16BrN/c25-15-16-13-14-22(18-8-2-1-7-17(16)18)24-21-11-4-3-9-19(21)20-10-5-6-12-23(20)26-24/h1-14H,15H2. The van der Waals surface area contributed by atoms with Gasteiger partial charge in [-0.15, -0.1) is 0 Å². The smallest absolute Gasteiger partial charge is 0.0794 e. The Morgan fingerprint density at radius 2 is 1.19 bits per heavy atom. The third kappa shape index (κ3) is 2.33. The summed E-state index contributed by atoms with van der Waals surface area (Å²) in [4.78, 5) is 5.07. The fraction of sp³-hybridized carbons (Fsp3) is 0.0417. The van der Waals surface area contributed by atoms with Gasteiger partial charge in [-0.1, -0.05) is 94.8 Å². The van der Waals surface area contributed by atoms with Crippen LogP contribution >= 0.6 is 15.9 Å². The average molecular weight is 398 g/mol. The molecular formula is C24H16BrN. The number of aromatic nitrogens is 1. The monoisotopic (exact) mass is 397 g/mol. The van der Waals surface area contributed by atoms with Gasteiger partial charge in [0.05, 0.1) is 11.2 Å². The molecule has 124 valence electrons. The van der Waals surface area contributed by atoms with Crippen LogP contribution in [-0.2, 0) is 5.33 Å². The second-order valence-corrected chi connectivity index (χ2v) is 7.04. The minimum atomic E-state index is 0.847. The zero-order valence-corrected chi connectivity index (χ0v) is 15.7. The number of hydrogen-bond donors (Lipinski definition) is 0. The molecule has 26 heavy (non-hydrogen) atoms. The van der Waals surface area contributed by atoms with Crippen molar-refractivity contribution in [2.24, 2.45) is 0 Å². The van der Waals surface area contributed by atoms with E-state index < -0.39 is 0 Å². The Labute approximate surface area is 160 Å². The predicted octanol–water partition coefficient (Wildman–Crippen LogP) is 7.10.